The summed E-state index contributed by atoms with van der Waals surface area (Å²) < 4.78 is 5.94. The molecule has 0 fully saturated rings. The van der Waals surface area contributed by atoms with Gasteiger partial charge in [-0.25, -0.2) is 0 Å². The highest BCUT2D eigenvalue weighted by atomic mass is 32.2. The largest absolute Gasteiger partial charge is 0.492 e. The molecule has 0 aromatic heterocycles. The van der Waals surface area contributed by atoms with Gasteiger partial charge in [-0.3, -0.25) is 0 Å². The summed E-state index contributed by atoms with van der Waals surface area (Å²) in [6.07, 6.45) is 2.32. The lowest BCUT2D eigenvalue weighted by atomic mass is 10.1. The Balaban J connectivity index is 1.96. The average molecular weight is 265 g/mol. The SMILES string of the molecule is CNC1CCc2c(OCCSC(C)C)cccc21. The summed E-state index contributed by atoms with van der Waals surface area (Å²) in [5.74, 6) is 2.16. The van der Waals surface area contributed by atoms with Crippen LogP contribution in [0.1, 0.15) is 37.4 Å². The smallest absolute Gasteiger partial charge is 0.122 e. The van der Waals surface area contributed by atoms with Gasteiger partial charge in [0.1, 0.15) is 5.75 Å². The molecule has 0 aliphatic heterocycles. The Labute approximate surface area is 114 Å². The van der Waals surface area contributed by atoms with E-state index >= 15 is 0 Å². The van der Waals surface area contributed by atoms with Crippen molar-refractivity contribution in [3.05, 3.63) is 29.3 Å². The van der Waals surface area contributed by atoms with Crippen LogP contribution in [0.3, 0.4) is 0 Å². The second kappa shape index (κ2) is 6.48. The normalized spacial score (nSPS) is 18.1. The van der Waals surface area contributed by atoms with Crippen LogP contribution >= 0.6 is 11.8 Å². The summed E-state index contributed by atoms with van der Waals surface area (Å²) in [7, 11) is 2.03. The Morgan fingerprint density at radius 1 is 1.44 bits per heavy atom. The van der Waals surface area contributed by atoms with Crippen molar-refractivity contribution in [1.82, 2.24) is 5.32 Å². The summed E-state index contributed by atoms with van der Waals surface area (Å²) in [6, 6.07) is 6.95. The first-order valence-electron chi connectivity index (χ1n) is 6.76. The van der Waals surface area contributed by atoms with Gasteiger partial charge in [0.25, 0.3) is 0 Å². The number of benzene rings is 1. The fourth-order valence-electron chi connectivity index (χ4n) is 2.49. The first kappa shape index (κ1) is 13.8. The molecule has 0 saturated heterocycles. The predicted octanol–water partition coefficient (Wildman–Crippen LogP) is 3.41. The zero-order chi connectivity index (χ0) is 13.0. The van der Waals surface area contributed by atoms with Crippen molar-refractivity contribution >= 4 is 11.8 Å². The first-order valence-corrected chi connectivity index (χ1v) is 7.80. The third-order valence-electron chi connectivity index (χ3n) is 3.37. The molecule has 100 valence electrons. The van der Waals surface area contributed by atoms with Gasteiger partial charge < -0.3 is 10.1 Å². The number of nitrogens with one attached hydrogen (secondary N) is 1. The van der Waals surface area contributed by atoms with Crippen LogP contribution in [-0.2, 0) is 6.42 Å². The van der Waals surface area contributed by atoms with Gasteiger partial charge in [0.15, 0.2) is 0 Å². The van der Waals surface area contributed by atoms with Crippen LogP contribution in [0.2, 0.25) is 0 Å². The number of hydrogen-bond donors (Lipinski definition) is 1. The highest BCUT2D eigenvalue weighted by molar-refractivity contribution is 7.99. The zero-order valence-electron chi connectivity index (χ0n) is 11.5. The van der Waals surface area contributed by atoms with Crippen LogP contribution in [0.5, 0.6) is 5.75 Å². The Bertz CT molecular complexity index is 392. The maximum atomic E-state index is 5.94. The molecule has 0 amide bonds. The van der Waals surface area contributed by atoms with Crippen molar-refractivity contribution in [2.45, 2.75) is 38.0 Å². The van der Waals surface area contributed by atoms with E-state index in [-0.39, 0.29) is 0 Å². The number of thioether (sulfide) groups is 1. The summed E-state index contributed by atoms with van der Waals surface area (Å²) in [5.41, 5.74) is 2.83. The van der Waals surface area contributed by atoms with Crippen molar-refractivity contribution in [2.24, 2.45) is 0 Å². The molecule has 0 bridgehead atoms. The first-order chi connectivity index (χ1) is 8.72. The van der Waals surface area contributed by atoms with Gasteiger partial charge >= 0.3 is 0 Å². The summed E-state index contributed by atoms with van der Waals surface area (Å²) in [5, 5.41) is 4.05. The maximum absolute atomic E-state index is 5.94. The predicted molar refractivity (Wildman–Crippen MR) is 79.7 cm³/mol. The van der Waals surface area contributed by atoms with Crippen LogP contribution in [0.4, 0.5) is 0 Å². The lowest BCUT2D eigenvalue weighted by Crippen LogP contribution is -2.12. The van der Waals surface area contributed by atoms with Gasteiger partial charge in [-0.05, 0) is 42.3 Å². The summed E-state index contributed by atoms with van der Waals surface area (Å²) >= 11 is 1.95. The quantitative estimate of drug-likeness (QED) is 0.796. The van der Waals surface area contributed by atoms with E-state index in [1.54, 1.807) is 0 Å². The van der Waals surface area contributed by atoms with E-state index in [2.05, 4.69) is 37.4 Å². The van der Waals surface area contributed by atoms with Crippen molar-refractivity contribution in [1.29, 1.82) is 0 Å². The Hall–Kier alpha value is -0.670. The topological polar surface area (TPSA) is 21.3 Å². The van der Waals surface area contributed by atoms with Crippen molar-refractivity contribution in [3.63, 3.8) is 0 Å². The Morgan fingerprint density at radius 3 is 3.00 bits per heavy atom. The van der Waals surface area contributed by atoms with Gasteiger partial charge in [0.05, 0.1) is 6.61 Å². The van der Waals surface area contributed by atoms with Crippen LogP contribution in [0.15, 0.2) is 18.2 Å². The maximum Gasteiger partial charge on any atom is 0.122 e. The molecule has 2 rings (SSSR count). The molecule has 1 N–H and O–H groups in total. The molecule has 1 aromatic carbocycles. The molecule has 0 radical (unpaired) electrons. The van der Waals surface area contributed by atoms with Crippen molar-refractivity contribution < 1.29 is 4.74 Å². The standard InChI is InChI=1S/C15H23NOS/c1-11(2)18-10-9-17-15-6-4-5-12-13(15)7-8-14(12)16-3/h4-6,11,14,16H,7-10H2,1-3H3. The summed E-state index contributed by atoms with van der Waals surface area (Å²) in [4.78, 5) is 0. The molecule has 1 aromatic rings. The van der Waals surface area contributed by atoms with Gasteiger partial charge in [0, 0.05) is 11.8 Å². The van der Waals surface area contributed by atoms with Gasteiger partial charge in [-0.1, -0.05) is 26.0 Å². The molecular formula is C15H23NOS. The molecule has 3 heteroatoms. The van der Waals surface area contributed by atoms with Gasteiger partial charge in [-0.15, -0.1) is 0 Å². The third kappa shape index (κ3) is 3.21. The number of rotatable bonds is 6. The monoisotopic (exact) mass is 265 g/mol. The van der Waals surface area contributed by atoms with Crippen molar-refractivity contribution in [3.8, 4) is 5.75 Å². The zero-order valence-corrected chi connectivity index (χ0v) is 12.3. The molecule has 0 heterocycles. The molecule has 1 aliphatic carbocycles. The molecular weight excluding hydrogens is 242 g/mol. The minimum Gasteiger partial charge on any atom is -0.492 e. The molecule has 18 heavy (non-hydrogen) atoms. The minimum atomic E-state index is 0.508. The summed E-state index contributed by atoms with van der Waals surface area (Å²) in [6.45, 7) is 5.26. The van der Waals surface area contributed by atoms with E-state index in [9.17, 15) is 0 Å². The lowest BCUT2D eigenvalue weighted by Gasteiger charge is -2.13. The Morgan fingerprint density at radius 2 is 2.28 bits per heavy atom. The van der Waals surface area contributed by atoms with E-state index in [4.69, 9.17) is 4.74 Å². The fraction of sp³-hybridized carbons (Fsp3) is 0.600. The molecule has 1 atom stereocenters. The van der Waals surface area contributed by atoms with Crippen LogP contribution in [0.25, 0.3) is 0 Å². The highest BCUT2D eigenvalue weighted by Crippen LogP contribution is 2.36. The highest BCUT2D eigenvalue weighted by Gasteiger charge is 2.23. The number of ether oxygens (including phenoxy) is 1. The second-order valence-electron chi connectivity index (χ2n) is 4.97. The molecule has 1 aliphatic rings. The number of hydrogen-bond acceptors (Lipinski definition) is 3. The van der Waals surface area contributed by atoms with E-state index < -0.39 is 0 Å². The second-order valence-corrected chi connectivity index (χ2v) is 6.66. The van der Waals surface area contributed by atoms with E-state index in [1.807, 2.05) is 18.8 Å². The van der Waals surface area contributed by atoms with Crippen LogP contribution < -0.4 is 10.1 Å². The minimum absolute atomic E-state index is 0.508. The molecule has 0 spiro atoms. The van der Waals surface area contributed by atoms with Crippen LogP contribution in [-0.4, -0.2) is 24.7 Å². The van der Waals surface area contributed by atoms with Crippen LogP contribution in [0, 0.1) is 0 Å². The molecule has 1 unspecified atom stereocenters. The van der Waals surface area contributed by atoms with E-state index in [0.29, 0.717) is 11.3 Å². The van der Waals surface area contributed by atoms with Crippen molar-refractivity contribution in [2.75, 3.05) is 19.4 Å². The third-order valence-corrected chi connectivity index (χ3v) is 4.44. The lowest BCUT2D eigenvalue weighted by molar-refractivity contribution is 0.340. The Kier molecular flexibility index (Phi) is 4.95. The van der Waals surface area contributed by atoms with Gasteiger partial charge in [-0.2, -0.15) is 11.8 Å². The fourth-order valence-corrected chi connectivity index (χ4v) is 3.14. The average Bonchev–Trinajstić information content (AvgIpc) is 2.78. The number of fused-ring (bicyclic) bond motifs is 1. The molecule has 0 saturated carbocycles. The molecule has 2 nitrogen and oxygen atoms in total. The van der Waals surface area contributed by atoms with E-state index in [1.165, 1.54) is 17.5 Å². The van der Waals surface area contributed by atoms with Gasteiger partial charge in [0.2, 0.25) is 0 Å². The van der Waals surface area contributed by atoms with E-state index in [0.717, 1.165) is 24.5 Å².